The van der Waals surface area contributed by atoms with Crippen LogP contribution in [0, 0.1) is 11.8 Å². The first-order chi connectivity index (χ1) is 9.99. The maximum atomic E-state index is 5.45. The van der Waals surface area contributed by atoms with Gasteiger partial charge in [0, 0.05) is 0 Å². The Balaban J connectivity index is 0.000000400. The van der Waals surface area contributed by atoms with Crippen LogP contribution in [0.3, 0.4) is 0 Å². The van der Waals surface area contributed by atoms with Crippen LogP contribution in [0.2, 0.25) is 0 Å². The number of hydrogen-bond acceptors (Lipinski definition) is 2. The summed E-state index contributed by atoms with van der Waals surface area (Å²) in [5, 5.41) is 3.38. The van der Waals surface area contributed by atoms with Crippen molar-refractivity contribution in [2.75, 3.05) is 19.7 Å². The van der Waals surface area contributed by atoms with Gasteiger partial charge in [-0.15, -0.1) is 0 Å². The fourth-order valence-electron chi connectivity index (χ4n) is 1.61. The summed E-state index contributed by atoms with van der Waals surface area (Å²) in [5.41, 5.74) is 1.10. The highest BCUT2D eigenvalue weighted by atomic mass is 16.5. The van der Waals surface area contributed by atoms with Crippen LogP contribution < -0.4 is 10.1 Å². The standard InChI is InChI=1S/C11H14O.C8H19N/c1-3-8-12-11-7-5-6-10(4-2)9-11;1-7(2)5-9-6-8(3)4/h4-7,9H,2-3,8H2,1H3;7-9H,5-6H2,1-4H3. The largest absolute Gasteiger partial charge is 0.494 e. The third-order valence-corrected chi connectivity index (χ3v) is 2.67. The van der Waals surface area contributed by atoms with Crippen LogP contribution >= 0.6 is 0 Å². The van der Waals surface area contributed by atoms with Crippen LogP contribution in [0.1, 0.15) is 46.6 Å². The van der Waals surface area contributed by atoms with Crippen molar-refractivity contribution in [3.8, 4) is 5.75 Å². The molecule has 0 unspecified atom stereocenters. The Morgan fingerprint density at radius 2 is 1.76 bits per heavy atom. The Morgan fingerprint density at radius 3 is 2.24 bits per heavy atom. The molecule has 0 spiro atoms. The predicted molar refractivity (Wildman–Crippen MR) is 94.9 cm³/mol. The minimum Gasteiger partial charge on any atom is -0.494 e. The molecule has 1 rings (SSSR count). The molecule has 0 aliphatic heterocycles. The van der Waals surface area contributed by atoms with Gasteiger partial charge in [0.25, 0.3) is 0 Å². The Hall–Kier alpha value is -1.28. The quantitative estimate of drug-likeness (QED) is 0.727. The third-order valence-electron chi connectivity index (χ3n) is 2.67. The lowest BCUT2D eigenvalue weighted by atomic mass is 10.2. The highest BCUT2D eigenvalue weighted by Gasteiger charge is 1.94. The first-order valence-electron chi connectivity index (χ1n) is 8.05. The minimum atomic E-state index is 0.778. The van der Waals surface area contributed by atoms with Gasteiger partial charge in [-0.05, 0) is 49.0 Å². The summed E-state index contributed by atoms with van der Waals surface area (Å²) >= 11 is 0. The summed E-state index contributed by atoms with van der Waals surface area (Å²) in [6.45, 7) is 17.8. The maximum Gasteiger partial charge on any atom is 0.119 e. The molecule has 0 aliphatic carbocycles. The number of rotatable bonds is 8. The summed E-state index contributed by atoms with van der Waals surface area (Å²) in [7, 11) is 0. The number of ether oxygens (including phenoxy) is 1. The molecule has 1 aromatic rings. The van der Waals surface area contributed by atoms with Gasteiger partial charge < -0.3 is 10.1 Å². The number of benzene rings is 1. The van der Waals surface area contributed by atoms with Crippen LogP contribution in [-0.2, 0) is 0 Å². The van der Waals surface area contributed by atoms with E-state index in [0.29, 0.717) is 0 Å². The van der Waals surface area contributed by atoms with E-state index in [1.807, 2.05) is 30.3 Å². The normalized spacial score (nSPS) is 10.2. The molecule has 0 fully saturated rings. The van der Waals surface area contributed by atoms with E-state index in [1.54, 1.807) is 0 Å². The molecule has 0 atom stereocenters. The van der Waals surface area contributed by atoms with Gasteiger partial charge in [-0.1, -0.05) is 59.4 Å². The van der Waals surface area contributed by atoms with Crippen LogP contribution in [-0.4, -0.2) is 19.7 Å². The molecule has 0 amide bonds. The molecule has 0 aromatic heterocycles. The zero-order valence-electron chi connectivity index (χ0n) is 14.5. The molecule has 0 heterocycles. The van der Waals surface area contributed by atoms with Crippen molar-refractivity contribution in [1.29, 1.82) is 0 Å². The summed E-state index contributed by atoms with van der Waals surface area (Å²) in [4.78, 5) is 0. The van der Waals surface area contributed by atoms with Crippen molar-refractivity contribution >= 4 is 6.08 Å². The summed E-state index contributed by atoms with van der Waals surface area (Å²) in [6.07, 6.45) is 2.86. The Morgan fingerprint density at radius 1 is 1.14 bits per heavy atom. The van der Waals surface area contributed by atoms with E-state index in [9.17, 15) is 0 Å². The van der Waals surface area contributed by atoms with Gasteiger partial charge in [-0.2, -0.15) is 0 Å². The van der Waals surface area contributed by atoms with Gasteiger partial charge in [0.1, 0.15) is 5.75 Å². The lowest BCUT2D eigenvalue weighted by Crippen LogP contribution is -2.23. The Kier molecular flexibility index (Phi) is 11.7. The van der Waals surface area contributed by atoms with E-state index < -0.39 is 0 Å². The van der Waals surface area contributed by atoms with Crippen molar-refractivity contribution in [2.45, 2.75) is 41.0 Å². The molecule has 1 N–H and O–H groups in total. The van der Waals surface area contributed by atoms with Crippen LogP contribution in [0.15, 0.2) is 30.8 Å². The molecule has 2 nitrogen and oxygen atoms in total. The zero-order chi connectivity index (χ0) is 16.1. The van der Waals surface area contributed by atoms with Crippen molar-refractivity contribution in [3.05, 3.63) is 36.4 Å². The van der Waals surface area contributed by atoms with Crippen LogP contribution in [0.5, 0.6) is 5.75 Å². The van der Waals surface area contributed by atoms with Gasteiger partial charge in [0.15, 0.2) is 0 Å². The van der Waals surface area contributed by atoms with E-state index in [-0.39, 0.29) is 0 Å². The van der Waals surface area contributed by atoms with E-state index >= 15 is 0 Å². The molecule has 0 bridgehead atoms. The summed E-state index contributed by atoms with van der Waals surface area (Å²) in [6, 6.07) is 7.93. The smallest absolute Gasteiger partial charge is 0.119 e. The molecule has 120 valence electrons. The molecule has 0 saturated carbocycles. The summed E-state index contributed by atoms with van der Waals surface area (Å²) < 4.78 is 5.45. The van der Waals surface area contributed by atoms with Crippen molar-refractivity contribution < 1.29 is 4.74 Å². The molecule has 0 radical (unpaired) electrons. The Labute approximate surface area is 131 Å². The number of hydrogen-bond donors (Lipinski definition) is 1. The fourth-order valence-corrected chi connectivity index (χ4v) is 1.61. The van der Waals surface area contributed by atoms with Gasteiger partial charge in [0.05, 0.1) is 6.61 Å². The third kappa shape index (κ3) is 12.2. The topological polar surface area (TPSA) is 21.3 Å². The highest BCUT2D eigenvalue weighted by molar-refractivity contribution is 5.49. The van der Waals surface area contributed by atoms with Gasteiger partial charge in [0.2, 0.25) is 0 Å². The second-order valence-electron chi connectivity index (χ2n) is 6.07. The van der Waals surface area contributed by atoms with Gasteiger partial charge >= 0.3 is 0 Å². The van der Waals surface area contributed by atoms with Gasteiger partial charge in [-0.3, -0.25) is 0 Å². The minimum absolute atomic E-state index is 0.778. The average Bonchev–Trinajstić information content (AvgIpc) is 2.45. The maximum absolute atomic E-state index is 5.45. The first kappa shape index (κ1) is 19.7. The lowest BCUT2D eigenvalue weighted by molar-refractivity contribution is 0.317. The van der Waals surface area contributed by atoms with E-state index in [1.165, 1.54) is 0 Å². The second-order valence-corrected chi connectivity index (χ2v) is 6.07. The molecule has 1 aromatic carbocycles. The van der Waals surface area contributed by atoms with Crippen molar-refractivity contribution in [3.63, 3.8) is 0 Å². The van der Waals surface area contributed by atoms with E-state index in [0.717, 1.165) is 49.3 Å². The fraction of sp³-hybridized carbons (Fsp3) is 0.579. The SMILES string of the molecule is C=Cc1cccc(OCCC)c1.CC(C)CNCC(C)C. The second kappa shape index (κ2) is 12.5. The molecule has 0 aliphatic rings. The van der Waals surface area contributed by atoms with Gasteiger partial charge in [-0.25, -0.2) is 0 Å². The monoisotopic (exact) mass is 291 g/mol. The first-order valence-corrected chi connectivity index (χ1v) is 8.05. The average molecular weight is 291 g/mol. The van der Waals surface area contributed by atoms with Crippen LogP contribution in [0.25, 0.3) is 6.08 Å². The summed E-state index contributed by atoms with van der Waals surface area (Å²) in [5.74, 6) is 2.49. The zero-order valence-corrected chi connectivity index (χ0v) is 14.5. The molecule has 21 heavy (non-hydrogen) atoms. The predicted octanol–water partition coefficient (Wildman–Crippen LogP) is 5.01. The Bertz CT molecular complexity index is 364. The highest BCUT2D eigenvalue weighted by Crippen LogP contribution is 2.13. The van der Waals surface area contributed by atoms with Crippen molar-refractivity contribution in [2.24, 2.45) is 11.8 Å². The lowest BCUT2D eigenvalue weighted by Gasteiger charge is -2.08. The number of nitrogens with one attached hydrogen (secondary N) is 1. The van der Waals surface area contributed by atoms with E-state index in [4.69, 9.17) is 4.74 Å². The van der Waals surface area contributed by atoms with E-state index in [2.05, 4.69) is 46.5 Å². The molecule has 0 saturated heterocycles. The molecular weight excluding hydrogens is 258 g/mol. The van der Waals surface area contributed by atoms with Crippen molar-refractivity contribution in [1.82, 2.24) is 5.32 Å². The van der Waals surface area contributed by atoms with Crippen LogP contribution in [0.4, 0.5) is 0 Å². The molecular formula is C19H33NO. The molecule has 2 heteroatoms.